The van der Waals surface area contributed by atoms with Gasteiger partial charge in [0.15, 0.2) is 0 Å². The van der Waals surface area contributed by atoms with Gasteiger partial charge in [-0.1, -0.05) is 12.5 Å². The highest BCUT2D eigenvalue weighted by atomic mass is 16.1. The Labute approximate surface area is 142 Å². The number of hydrogen-bond donors (Lipinski definition) is 1. The number of benzene rings is 1. The molecule has 2 aromatic rings. The lowest BCUT2D eigenvalue weighted by molar-refractivity contribution is 0.102. The van der Waals surface area contributed by atoms with Crippen LogP contribution in [0, 0.1) is 0 Å². The quantitative estimate of drug-likeness (QED) is 0.944. The fourth-order valence-electron chi connectivity index (χ4n) is 3.57. The van der Waals surface area contributed by atoms with Gasteiger partial charge in [-0.05, 0) is 55.0 Å². The number of hydrogen-bond acceptors (Lipinski definition) is 4. The van der Waals surface area contributed by atoms with Gasteiger partial charge in [-0.2, -0.15) is 10.2 Å². The molecule has 1 amide bonds. The summed E-state index contributed by atoms with van der Waals surface area (Å²) in [5.41, 5.74) is 4.16. The molecule has 1 N–H and O–H groups in total. The Morgan fingerprint density at radius 3 is 2.62 bits per heavy atom. The maximum Gasteiger partial charge on any atom is 0.257 e. The highest BCUT2D eigenvalue weighted by molar-refractivity contribution is 6.04. The van der Waals surface area contributed by atoms with Crippen LogP contribution in [0.15, 0.2) is 36.7 Å². The van der Waals surface area contributed by atoms with Gasteiger partial charge in [-0.15, -0.1) is 0 Å². The number of anilines is 1. The Morgan fingerprint density at radius 2 is 1.92 bits per heavy atom. The smallest absolute Gasteiger partial charge is 0.257 e. The van der Waals surface area contributed by atoms with Crippen LogP contribution in [0.3, 0.4) is 0 Å². The monoisotopic (exact) mass is 322 g/mol. The molecule has 124 valence electrons. The molecule has 1 aromatic heterocycles. The van der Waals surface area contributed by atoms with Crippen molar-refractivity contribution in [2.75, 3.05) is 18.4 Å². The molecule has 0 bridgehead atoms. The van der Waals surface area contributed by atoms with Gasteiger partial charge in [0.1, 0.15) is 0 Å². The van der Waals surface area contributed by atoms with Crippen molar-refractivity contribution < 1.29 is 4.79 Å². The van der Waals surface area contributed by atoms with E-state index in [-0.39, 0.29) is 5.91 Å². The van der Waals surface area contributed by atoms with Crippen LogP contribution in [0.5, 0.6) is 0 Å². The Hall–Kier alpha value is -2.27. The standard InChI is InChI=1S/C19H22N4O/c24-19(16-6-9-20-21-13-16)22-17-5-4-14-7-10-23(18-2-1-3-18)11-8-15(14)12-17/h4-6,9,12-13,18H,1-3,7-8,10-11H2,(H,22,24). The summed E-state index contributed by atoms with van der Waals surface area (Å²) >= 11 is 0. The predicted octanol–water partition coefficient (Wildman–Crippen LogP) is 2.68. The van der Waals surface area contributed by atoms with Crippen molar-refractivity contribution in [2.24, 2.45) is 0 Å². The molecule has 0 radical (unpaired) electrons. The van der Waals surface area contributed by atoms with Crippen LogP contribution in [0.25, 0.3) is 0 Å². The average molecular weight is 322 g/mol. The number of fused-ring (bicyclic) bond motifs is 1. The van der Waals surface area contributed by atoms with E-state index in [9.17, 15) is 4.79 Å². The van der Waals surface area contributed by atoms with Gasteiger partial charge in [0.05, 0.1) is 18.0 Å². The van der Waals surface area contributed by atoms with E-state index >= 15 is 0 Å². The maximum atomic E-state index is 12.3. The first kappa shape index (κ1) is 15.3. The molecule has 1 aliphatic heterocycles. The normalized spacial score (nSPS) is 18.3. The minimum absolute atomic E-state index is 0.144. The second-order valence-electron chi connectivity index (χ2n) is 6.69. The number of rotatable bonds is 3. The van der Waals surface area contributed by atoms with Crippen molar-refractivity contribution in [3.05, 3.63) is 53.3 Å². The first-order chi connectivity index (χ1) is 11.8. The number of aromatic nitrogens is 2. The van der Waals surface area contributed by atoms with E-state index in [4.69, 9.17) is 0 Å². The second-order valence-corrected chi connectivity index (χ2v) is 6.69. The van der Waals surface area contributed by atoms with Crippen molar-refractivity contribution >= 4 is 11.6 Å². The Balaban J connectivity index is 1.46. The minimum Gasteiger partial charge on any atom is -0.322 e. The van der Waals surface area contributed by atoms with Crippen LogP contribution in [0.2, 0.25) is 0 Å². The fraction of sp³-hybridized carbons (Fsp3) is 0.421. The third-order valence-corrected chi connectivity index (χ3v) is 5.24. The first-order valence-electron chi connectivity index (χ1n) is 8.73. The molecule has 5 nitrogen and oxygen atoms in total. The van der Waals surface area contributed by atoms with Crippen LogP contribution in [-0.2, 0) is 12.8 Å². The zero-order chi connectivity index (χ0) is 16.4. The van der Waals surface area contributed by atoms with Crippen LogP contribution >= 0.6 is 0 Å². The summed E-state index contributed by atoms with van der Waals surface area (Å²) in [6.45, 7) is 2.29. The van der Waals surface area contributed by atoms with Gasteiger partial charge in [0.2, 0.25) is 0 Å². The zero-order valence-electron chi connectivity index (χ0n) is 13.7. The molecule has 2 heterocycles. The van der Waals surface area contributed by atoms with Crippen molar-refractivity contribution in [3.63, 3.8) is 0 Å². The summed E-state index contributed by atoms with van der Waals surface area (Å²) in [5.74, 6) is -0.144. The predicted molar refractivity (Wildman–Crippen MR) is 93.0 cm³/mol. The molecule has 24 heavy (non-hydrogen) atoms. The average Bonchev–Trinajstić information content (AvgIpc) is 2.77. The third-order valence-electron chi connectivity index (χ3n) is 5.24. The summed E-state index contributed by atoms with van der Waals surface area (Å²) in [4.78, 5) is 14.9. The third kappa shape index (κ3) is 3.17. The Kier molecular flexibility index (Phi) is 4.26. The molecular formula is C19H22N4O. The van der Waals surface area contributed by atoms with Crippen molar-refractivity contribution in [1.29, 1.82) is 0 Å². The number of carbonyl (C=O) groups is 1. The van der Waals surface area contributed by atoms with Crippen molar-refractivity contribution in [3.8, 4) is 0 Å². The van der Waals surface area contributed by atoms with Gasteiger partial charge in [0.25, 0.3) is 5.91 Å². The number of nitrogens with one attached hydrogen (secondary N) is 1. The molecule has 1 aromatic carbocycles. The van der Waals surface area contributed by atoms with E-state index in [1.165, 1.54) is 42.8 Å². The van der Waals surface area contributed by atoms with E-state index in [0.717, 1.165) is 37.7 Å². The highest BCUT2D eigenvalue weighted by Crippen LogP contribution is 2.28. The first-order valence-corrected chi connectivity index (χ1v) is 8.73. The molecule has 0 spiro atoms. The number of amides is 1. The van der Waals surface area contributed by atoms with E-state index in [0.29, 0.717) is 5.56 Å². The second kappa shape index (κ2) is 6.69. The SMILES string of the molecule is O=C(Nc1ccc2c(c1)CCN(C1CCC1)CC2)c1ccnnc1. The fourth-order valence-corrected chi connectivity index (χ4v) is 3.57. The summed E-state index contributed by atoms with van der Waals surface area (Å²) in [6, 6.07) is 8.77. The van der Waals surface area contributed by atoms with Gasteiger partial charge in [-0.3, -0.25) is 9.69 Å². The lowest BCUT2D eigenvalue weighted by Crippen LogP contribution is -2.41. The highest BCUT2D eigenvalue weighted by Gasteiger charge is 2.26. The molecule has 0 saturated heterocycles. The summed E-state index contributed by atoms with van der Waals surface area (Å²) in [7, 11) is 0. The van der Waals surface area contributed by atoms with Crippen LogP contribution < -0.4 is 5.32 Å². The van der Waals surface area contributed by atoms with Gasteiger partial charge in [0, 0.05) is 24.8 Å². The molecule has 0 unspecified atom stereocenters. The van der Waals surface area contributed by atoms with Crippen LogP contribution in [0.1, 0.15) is 40.7 Å². The summed E-state index contributed by atoms with van der Waals surface area (Å²) in [6.07, 6.45) is 9.28. The zero-order valence-corrected chi connectivity index (χ0v) is 13.7. The van der Waals surface area contributed by atoms with Crippen LogP contribution in [0.4, 0.5) is 5.69 Å². The van der Waals surface area contributed by atoms with E-state index in [2.05, 4.69) is 32.5 Å². The Bertz CT molecular complexity index is 727. The van der Waals surface area contributed by atoms with E-state index in [1.54, 1.807) is 6.07 Å². The molecule has 1 fully saturated rings. The summed E-state index contributed by atoms with van der Waals surface area (Å²) < 4.78 is 0. The maximum absolute atomic E-state index is 12.3. The lowest BCUT2D eigenvalue weighted by atomic mass is 9.91. The van der Waals surface area contributed by atoms with E-state index in [1.807, 2.05) is 6.07 Å². The van der Waals surface area contributed by atoms with E-state index < -0.39 is 0 Å². The van der Waals surface area contributed by atoms with Gasteiger partial charge >= 0.3 is 0 Å². The minimum atomic E-state index is -0.144. The molecule has 4 rings (SSSR count). The molecule has 0 atom stereocenters. The molecule has 1 aliphatic carbocycles. The van der Waals surface area contributed by atoms with Gasteiger partial charge < -0.3 is 5.32 Å². The molecule has 2 aliphatic rings. The molecular weight excluding hydrogens is 300 g/mol. The number of carbonyl (C=O) groups excluding carboxylic acids is 1. The van der Waals surface area contributed by atoms with Crippen molar-refractivity contribution in [1.82, 2.24) is 15.1 Å². The van der Waals surface area contributed by atoms with Crippen molar-refractivity contribution in [2.45, 2.75) is 38.1 Å². The largest absolute Gasteiger partial charge is 0.322 e. The summed E-state index contributed by atoms with van der Waals surface area (Å²) in [5, 5.41) is 10.4. The molecule has 1 saturated carbocycles. The number of nitrogens with zero attached hydrogens (tertiary/aromatic N) is 3. The van der Waals surface area contributed by atoms with Crippen LogP contribution in [-0.4, -0.2) is 40.1 Å². The molecule has 5 heteroatoms. The topological polar surface area (TPSA) is 58.1 Å². The van der Waals surface area contributed by atoms with Gasteiger partial charge in [-0.25, -0.2) is 0 Å². The lowest BCUT2D eigenvalue weighted by Gasteiger charge is -2.36. The Morgan fingerprint density at radius 1 is 1.08 bits per heavy atom.